The van der Waals surface area contributed by atoms with Crippen molar-refractivity contribution in [3.8, 4) is 11.5 Å². The summed E-state index contributed by atoms with van der Waals surface area (Å²) in [7, 11) is 0. The molecule has 0 radical (unpaired) electrons. The molecule has 1 aromatic heterocycles. The number of furan rings is 1. The molecule has 4 aromatic rings. The second kappa shape index (κ2) is 10.0. The molecule has 5 rings (SSSR count). The number of rotatable bonds is 8. The number of ketones is 1. The largest absolute Gasteiger partial charge is 0.503 e. The Morgan fingerprint density at radius 1 is 0.973 bits per heavy atom. The van der Waals surface area contributed by atoms with Gasteiger partial charge in [-0.1, -0.05) is 23.7 Å². The molecule has 7 nitrogen and oxygen atoms in total. The highest BCUT2D eigenvalue weighted by atomic mass is 35.5. The van der Waals surface area contributed by atoms with Gasteiger partial charge in [-0.2, -0.15) is 0 Å². The summed E-state index contributed by atoms with van der Waals surface area (Å²) in [6.45, 7) is 4.69. The van der Waals surface area contributed by atoms with Gasteiger partial charge in [-0.15, -0.1) is 0 Å². The fraction of sp³-hybridized carbons (Fsp3) is 0.172. The second-order valence-corrected chi connectivity index (χ2v) is 8.83. The number of ether oxygens (including phenoxy) is 2. The summed E-state index contributed by atoms with van der Waals surface area (Å²) >= 11 is 6.09. The van der Waals surface area contributed by atoms with Gasteiger partial charge >= 0.3 is 0 Å². The Hall–Kier alpha value is -4.23. The third kappa shape index (κ3) is 4.54. The molecule has 0 aliphatic carbocycles. The van der Waals surface area contributed by atoms with Crippen LogP contribution < -0.4 is 14.4 Å². The van der Waals surface area contributed by atoms with Crippen LogP contribution in [-0.2, 0) is 4.79 Å². The molecule has 1 unspecified atom stereocenters. The Labute approximate surface area is 218 Å². The molecular weight excluding hydrogens is 494 g/mol. The molecule has 0 saturated heterocycles. The Balaban J connectivity index is 1.63. The average Bonchev–Trinajstić information content (AvgIpc) is 3.43. The molecule has 1 amide bonds. The zero-order valence-electron chi connectivity index (χ0n) is 20.2. The molecule has 1 N–H and O–H groups in total. The standard InChI is InChI=1S/C29H24ClNO6/c1-3-35-21-11-9-20(10-12-21)31-26(17-6-5-7-22(15-17)36-4-2)25(28(33)29(31)34)27(32)24-16-18-14-19(30)8-13-23(18)37-24/h5-16,26,33H,3-4H2,1-2H3. The first-order valence-electron chi connectivity index (χ1n) is 11.9. The van der Waals surface area contributed by atoms with Gasteiger partial charge in [0.1, 0.15) is 17.1 Å². The van der Waals surface area contributed by atoms with Gasteiger partial charge in [0, 0.05) is 16.1 Å². The summed E-state index contributed by atoms with van der Waals surface area (Å²) in [5.41, 5.74) is 1.47. The van der Waals surface area contributed by atoms with Crippen LogP contribution in [-0.4, -0.2) is 30.0 Å². The van der Waals surface area contributed by atoms with Crippen LogP contribution in [0.1, 0.15) is 36.0 Å². The van der Waals surface area contributed by atoms with E-state index in [2.05, 4.69) is 0 Å². The van der Waals surface area contributed by atoms with Gasteiger partial charge in [-0.3, -0.25) is 14.5 Å². The van der Waals surface area contributed by atoms with Crippen molar-refractivity contribution < 1.29 is 28.6 Å². The maximum absolute atomic E-state index is 13.8. The number of benzene rings is 3. The Morgan fingerprint density at radius 2 is 1.70 bits per heavy atom. The monoisotopic (exact) mass is 517 g/mol. The topological polar surface area (TPSA) is 89.2 Å². The van der Waals surface area contributed by atoms with Crippen molar-refractivity contribution in [3.05, 3.63) is 100 Å². The zero-order valence-corrected chi connectivity index (χ0v) is 21.0. The lowest BCUT2D eigenvalue weighted by Crippen LogP contribution is -2.31. The van der Waals surface area contributed by atoms with E-state index < -0.39 is 23.5 Å². The van der Waals surface area contributed by atoms with Gasteiger partial charge in [-0.05, 0) is 80.1 Å². The molecule has 37 heavy (non-hydrogen) atoms. The average molecular weight is 518 g/mol. The van der Waals surface area contributed by atoms with E-state index in [0.717, 1.165) is 0 Å². The summed E-state index contributed by atoms with van der Waals surface area (Å²) < 4.78 is 17.0. The number of anilines is 1. The van der Waals surface area contributed by atoms with Crippen LogP contribution in [0.3, 0.4) is 0 Å². The fourth-order valence-corrected chi connectivity index (χ4v) is 4.67. The molecule has 188 valence electrons. The summed E-state index contributed by atoms with van der Waals surface area (Å²) in [6.07, 6.45) is 0. The SMILES string of the molecule is CCOc1ccc(N2C(=O)C(O)=C(C(=O)c3cc4cc(Cl)ccc4o3)C2c2cccc(OCC)c2)cc1. The van der Waals surface area contributed by atoms with Crippen molar-refractivity contribution in [3.63, 3.8) is 0 Å². The summed E-state index contributed by atoms with van der Waals surface area (Å²) in [5, 5.41) is 12.2. The minimum Gasteiger partial charge on any atom is -0.503 e. The number of amides is 1. The van der Waals surface area contributed by atoms with E-state index in [1.54, 1.807) is 72.8 Å². The number of fused-ring (bicyclic) bond motifs is 1. The van der Waals surface area contributed by atoms with E-state index in [-0.39, 0.29) is 11.3 Å². The number of nitrogens with zero attached hydrogens (tertiary/aromatic N) is 1. The summed E-state index contributed by atoms with van der Waals surface area (Å²) in [6, 6.07) is 19.7. The van der Waals surface area contributed by atoms with E-state index in [1.165, 1.54) is 4.90 Å². The number of aliphatic hydroxyl groups excluding tert-OH is 1. The van der Waals surface area contributed by atoms with Crippen molar-refractivity contribution >= 4 is 39.9 Å². The van der Waals surface area contributed by atoms with Crippen LogP contribution in [0.5, 0.6) is 11.5 Å². The molecular formula is C29H24ClNO6. The van der Waals surface area contributed by atoms with Gasteiger partial charge in [0.05, 0.1) is 24.8 Å². The predicted molar refractivity (Wildman–Crippen MR) is 141 cm³/mol. The lowest BCUT2D eigenvalue weighted by atomic mass is 9.94. The minimum atomic E-state index is -0.921. The number of aliphatic hydroxyl groups is 1. The molecule has 1 aliphatic heterocycles. The van der Waals surface area contributed by atoms with Crippen molar-refractivity contribution in [1.82, 2.24) is 0 Å². The van der Waals surface area contributed by atoms with Crippen LogP contribution in [0.2, 0.25) is 5.02 Å². The molecule has 0 saturated carbocycles. The van der Waals surface area contributed by atoms with E-state index in [1.807, 2.05) is 13.8 Å². The zero-order chi connectivity index (χ0) is 26.1. The molecule has 3 aromatic carbocycles. The highest BCUT2D eigenvalue weighted by molar-refractivity contribution is 6.31. The maximum atomic E-state index is 13.8. The molecule has 2 heterocycles. The van der Waals surface area contributed by atoms with Gasteiger partial charge in [0.25, 0.3) is 5.91 Å². The van der Waals surface area contributed by atoms with E-state index >= 15 is 0 Å². The van der Waals surface area contributed by atoms with Crippen LogP contribution in [0.25, 0.3) is 11.0 Å². The number of carbonyl (C=O) groups is 2. The molecule has 0 spiro atoms. The minimum absolute atomic E-state index is 0.00822. The van der Waals surface area contributed by atoms with Crippen molar-refractivity contribution in [2.45, 2.75) is 19.9 Å². The van der Waals surface area contributed by atoms with Crippen LogP contribution in [0.15, 0.2) is 88.5 Å². The van der Waals surface area contributed by atoms with E-state index in [0.29, 0.717) is 52.0 Å². The quantitative estimate of drug-likeness (QED) is 0.263. The molecule has 0 bridgehead atoms. The van der Waals surface area contributed by atoms with E-state index in [4.69, 9.17) is 25.5 Å². The Morgan fingerprint density at radius 3 is 2.43 bits per heavy atom. The first-order valence-corrected chi connectivity index (χ1v) is 12.2. The van der Waals surface area contributed by atoms with Gasteiger partial charge in [-0.25, -0.2) is 0 Å². The van der Waals surface area contributed by atoms with Gasteiger partial charge < -0.3 is 19.0 Å². The van der Waals surface area contributed by atoms with Crippen LogP contribution in [0.4, 0.5) is 5.69 Å². The lowest BCUT2D eigenvalue weighted by Gasteiger charge is -2.27. The first-order chi connectivity index (χ1) is 17.9. The maximum Gasteiger partial charge on any atom is 0.294 e. The highest BCUT2D eigenvalue weighted by Gasteiger charge is 2.45. The number of halogens is 1. The summed E-state index contributed by atoms with van der Waals surface area (Å²) in [5.74, 6) is -0.718. The molecule has 1 aliphatic rings. The Bertz CT molecular complexity index is 1520. The third-order valence-corrected chi connectivity index (χ3v) is 6.30. The fourth-order valence-electron chi connectivity index (χ4n) is 4.49. The van der Waals surface area contributed by atoms with E-state index in [9.17, 15) is 14.7 Å². The number of Topliss-reactive ketones (excluding diaryl/α,β-unsaturated/α-hetero) is 1. The van der Waals surface area contributed by atoms with Crippen LogP contribution in [0, 0.1) is 0 Å². The van der Waals surface area contributed by atoms with Crippen molar-refractivity contribution in [2.75, 3.05) is 18.1 Å². The normalized spacial score (nSPS) is 15.5. The second-order valence-electron chi connectivity index (χ2n) is 8.39. The summed E-state index contributed by atoms with van der Waals surface area (Å²) in [4.78, 5) is 28.6. The van der Waals surface area contributed by atoms with Crippen molar-refractivity contribution in [1.29, 1.82) is 0 Å². The number of hydrogen-bond donors (Lipinski definition) is 1. The number of carbonyl (C=O) groups excluding carboxylic acids is 2. The predicted octanol–water partition coefficient (Wildman–Crippen LogP) is 6.67. The highest BCUT2D eigenvalue weighted by Crippen LogP contribution is 2.43. The smallest absolute Gasteiger partial charge is 0.294 e. The third-order valence-electron chi connectivity index (χ3n) is 6.07. The molecule has 1 atom stereocenters. The number of hydrogen-bond acceptors (Lipinski definition) is 6. The lowest BCUT2D eigenvalue weighted by molar-refractivity contribution is -0.117. The van der Waals surface area contributed by atoms with Gasteiger partial charge in [0.15, 0.2) is 11.5 Å². The molecule has 0 fully saturated rings. The van der Waals surface area contributed by atoms with Gasteiger partial charge in [0.2, 0.25) is 5.78 Å². The Kier molecular flexibility index (Phi) is 6.63. The first kappa shape index (κ1) is 24.5. The van der Waals surface area contributed by atoms with Crippen molar-refractivity contribution in [2.24, 2.45) is 0 Å². The molecule has 8 heteroatoms. The van der Waals surface area contributed by atoms with Crippen LogP contribution >= 0.6 is 11.6 Å².